The van der Waals surface area contributed by atoms with Gasteiger partial charge in [0.1, 0.15) is 0 Å². The maximum atomic E-state index is 9.33. The number of aromatic nitrogens is 2. The van der Waals surface area contributed by atoms with E-state index in [-0.39, 0.29) is 40.7 Å². The lowest BCUT2D eigenvalue weighted by atomic mass is 9.33. The van der Waals surface area contributed by atoms with Crippen molar-refractivity contribution in [2.75, 3.05) is 4.90 Å². The summed E-state index contributed by atoms with van der Waals surface area (Å²) in [6, 6.07) is 68.1. The van der Waals surface area contributed by atoms with Gasteiger partial charge in [0.05, 0.1) is 35.9 Å². The van der Waals surface area contributed by atoms with E-state index in [9.17, 15) is 2.74 Å². The third-order valence-electron chi connectivity index (χ3n) is 16.6. The standard InChI is InChI=1S/C76H54BN3/c1-76(2,3)55-45-64-63-43-53(49-23-10-5-11-24-49)38-42-68(63)80-70-47-67-71(62-34-20-33-61(73(62)78-67)60-32-19-18-31-59(60)58-30-17-16-29-57(58)52-27-14-7-15-28-52)75-72(70)77(66(46-55)74(64)80)65-41-37-54(50-25-12-6-13-26-50)44-69(65)79(75)56-39-35-51(36-40-56)48-21-8-4-9-22-48/h4-47,78H,1-3H3/i5D,6D,10D,11D,12D,13D,23D,24D,25D,26D. The molecule has 0 amide bonds. The lowest BCUT2D eigenvalue weighted by Crippen LogP contribution is -2.60. The summed E-state index contributed by atoms with van der Waals surface area (Å²) in [5.74, 6) is 0. The molecule has 0 saturated heterocycles. The van der Waals surface area contributed by atoms with Crippen LogP contribution in [0.3, 0.4) is 0 Å². The predicted octanol–water partition coefficient (Wildman–Crippen LogP) is 18.3. The summed E-state index contributed by atoms with van der Waals surface area (Å²) in [6.07, 6.45) is 0. The van der Waals surface area contributed by atoms with Gasteiger partial charge in [-0.25, -0.2) is 0 Å². The quantitative estimate of drug-likeness (QED) is 0.158. The van der Waals surface area contributed by atoms with Crippen LogP contribution in [0.1, 0.15) is 40.0 Å². The van der Waals surface area contributed by atoms with E-state index in [2.05, 4.69) is 187 Å². The number of nitrogens with zero attached hydrogens (tertiary/aromatic N) is 2. The van der Waals surface area contributed by atoms with Gasteiger partial charge in [-0.05, 0) is 131 Å². The topological polar surface area (TPSA) is 24.0 Å². The van der Waals surface area contributed by atoms with Crippen molar-refractivity contribution in [3.8, 4) is 72.4 Å². The fourth-order valence-corrected chi connectivity index (χ4v) is 13.0. The molecule has 0 aliphatic carbocycles. The van der Waals surface area contributed by atoms with Crippen molar-refractivity contribution in [3.63, 3.8) is 0 Å². The smallest absolute Gasteiger partial charge is 0.252 e. The van der Waals surface area contributed by atoms with Crippen molar-refractivity contribution in [3.05, 3.63) is 272 Å². The SMILES string of the molecule is [2H]c1c([2H])c([2H])c(-c2ccc3c(c2)N(c2ccc(-c4ccccc4)cc2)c2c4c(cc5[nH]c6c(-c7ccccc7-c7ccccc7-c7ccccc7)cccc6c25)-n2c5ccc(-c6c([2H])c([2H])c([2H])c([2H])c6[2H])cc5c5cc(C(C)(C)C)cc(c52)B34)c([2H])c1[2H]. The molecule has 3 nitrogen and oxygen atoms in total. The number of hydrogen-bond acceptors (Lipinski definition) is 1. The first-order valence-corrected chi connectivity index (χ1v) is 27.2. The summed E-state index contributed by atoms with van der Waals surface area (Å²) in [6.45, 7) is 6.17. The molecule has 80 heavy (non-hydrogen) atoms. The van der Waals surface area contributed by atoms with Crippen molar-refractivity contribution >= 4 is 83.8 Å². The summed E-state index contributed by atoms with van der Waals surface area (Å²) in [7, 11) is 0. The Bertz CT molecular complexity index is 5360. The molecule has 0 bridgehead atoms. The van der Waals surface area contributed by atoms with Gasteiger partial charge in [0.25, 0.3) is 6.71 Å². The highest BCUT2D eigenvalue weighted by Crippen LogP contribution is 2.50. The van der Waals surface area contributed by atoms with Gasteiger partial charge in [0.2, 0.25) is 0 Å². The monoisotopic (exact) mass is 1030 g/mol. The van der Waals surface area contributed by atoms with Crippen molar-refractivity contribution < 1.29 is 13.7 Å². The first kappa shape index (κ1) is 37.0. The van der Waals surface area contributed by atoms with E-state index in [0.29, 0.717) is 11.1 Å². The number of anilines is 3. The van der Waals surface area contributed by atoms with Crippen molar-refractivity contribution in [1.82, 2.24) is 9.55 Å². The zero-order chi connectivity index (χ0) is 61.9. The second-order valence-electron chi connectivity index (χ2n) is 22.1. The van der Waals surface area contributed by atoms with Crippen LogP contribution in [0.15, 0.2) is 267 Å². The number of aromatic amines is 1. The summed E-state index contributed by atoms with van der Waals surface area (Å²) < 4.78 is 91.4. The summed E-state index contributed by atoms with van der Waals surface area (Å²) in [5.41, 5.74) is 20.6. The van der Waals surface area contributed by atoms with E-state index in [4.69, 9.17) is 11.0 Å². The highest BCUT2D eigenvalue weighted by atomic mass is 15.2. The molecule has 16 rings (SSSR count). The Kier molecular flexibility index (Phi) is 8.25. The second-order valence-corrected chi connectivity index (χ2v) is 22.1. The fraction of sp³-hybridized carbons (Fsp3) is 0.0526. The summed E-state index contributed by atoms with van der Waals surface area (Å²) >= 11 is 0. The maximum absolute atomic E-state index is 9.33. The van der Waals surface area contributed by atoms with Crippen LogP contribution in [-0.2, 0) is 5.41 Å². The largest absolute Gasteiger partial charge is 0.354 e. The number of rotatable bonds is 7. The Morgan fingerprint density at radius 2 is 1.00 bits per heavy atom. The van der Waals surface area contributed by atoms with Gasteiger partial charge < -0.3 is 14.5 Å². The van der Waals surface area contributed by atoms with E-state index in [1.165, 1.54) is 0 Å². The van der Waals surface area contributed by atoms with E-state index in [0.717, 1.165) is 133 Å². The van der Waals surface area contributed by atoms with Crippen molar-refractivity contribution in [1.29, 1.82) is 0 Å². The van der Waals surface area contributed by atoms with Crippen LogP contribution in [0.25, 0.3) is 116 Å². The van der Waals surface area contributed by atoms with Gasteiger partial charge >= 0.3 is 0 Å². The Labute approximate surface area is 480 Å². The number of para-hydroxylation sites is 1. The molecular weight excluding hydrogens is 966 g/mol. The van der Waals surface area contributed by atoms with Crippen molar-refractivity contribution in [2.24, 2.45) is 0 Å². The predicted molar refractivity (Wildman–Crippen MR) is 341 cm³/mol. The maximum Gasteiger partial charge on any atom is 0.252 e. The number of H-pyrrole nitrogens is 1. The number of hydrogen-bond donors (Lipinski definition) is 1. The van der Waals surface area contributed by atoms with Gasteiger partial charge in [-0.2, -0.15) is 0 Å². The lowest BCUT2D eigenvalue weighted by Gasteiger charge is -2.41. The molecule has 0 atom stereocenters. The lowest BCUT2D eigenvalue weighted by molar-refractivity contribution is 0.591. The minimum absolute atomic E-state index is 0.105. The van der Waals surface area contributed by atoms with E-state index in [1.54, 1.807) is 0 Å². The number of benzene rings is 12. The molecule has 0 unspecified atom stereocenters. The zero-order valence-corrected chi connectivity index (χ0v) is 44.1. The molecule has 0 saturated carbocycles. The Balaban J connectivity index is 1.05. The third kappa shape index (κ3) is 7.08. The zero-order valence-electron chi connectivity index (χ0n) is 54.1. The molecule has 0 fully saturated rings. The molecule has 4 heterocycles. The first-order chi connectivity index (χ1) is 43.5. The van der Waals surface area contributed by atoms with Crippen LogP contribution in [0, 0.1) is 0 Å². The van der Waals surface area contributed by atoms with E-state index >= 15 is 0 Å². The van der Waals surface area contributed by atoms with E-state index < -0.39 is 43.0 Å². The number of nitrogens with one attached hydrogen (secondary N) is 1. The molecule has 1 N–H and O–H groups in total. The van der Waals surface area contributed by atoms with Gasteiger partial charge in [0.15, 0.2) is 0 Å². The minimum atomic E-state index is -0.460. The Morgan fingerprint density at radius 1 is 0.425 bits per heavy atom. The van der Waals surface area contributed by atoms with Gasteiger partial charge in [-0.3, -0.25) is 0 Å². The molecule has 0 spiro atoms. The average Bonchev–Trinajstić information content (AvgIpc) is 1.43. The van der Waals surface area contributed by atoms with Crippen molar-refractivity contribution in [2.45, 2.75) is 26.2 Å². The average molecular weight is 1030 g/mol. The van der Waals surface area contributed by atoms with E-state index in [1.807, 2.05) is 54.6 Å². The van der Waals surface area contributed by atoms with Gasteiger partial charge in [-0.1, -0.05) is 245 Å². The van der Waals surface area contributed by atoms with Gasteiger partial charge in [0, 0.05) is 49.7 Å². The molecular formula is C76H54BN3. The third-order valence-corrected chi connectivity index (χ3v) is 16.6. The molecule has 2 aromatic heterocycles. The normalized spacial score (nSPS) is 14.4. The molecule has 2 aliphatic heterocycles. The van der Waals surface area contributed by atoms with Crippen LogP contribution in [0.2, 0.25) is 0 Å². The molecule has 4 heteroatoms. The first-order valence-electron chi connectivity index (χ1n) is 32.2. The van der Waals surface area contributed by atoms with Crippen LogP contribution < -0.4 is 21.3 Å². The summed E-state index contributed by atoms with van der Waals surface area (Å²) in [4.78, 5) is 6.39. The highest BCUT2D eigenvalue weighted by Gasteiger charge is 2.44. The summed E-state index contributed by atoms with van der Waals surface area (Å²) in [5, 5.41) is 3.75. The highest BCUT2D eigenvalue weighted by molar-refractivity contribution is 7.00. The second kappa shape index (κ2) is 17.8. The van der Waals surface area contributed by atoms with Crippen LogP contribution >= 0.6 is 0 Å². The van der Waals surface area contributed by atoms with Gasteiger partial charge in [-0.15, -0.1) is 0 Å². The Hall–Kier alpha value is -9.90. The number of fused-ring (bicyclic) bond motifs is 11. The molecule has 2 aliphatic rings. The molecule has 376 valence electrons. The fourth-order valence-electron chi connectivity index (χ4n) is 13.0. The minimum Gasteiger partial charge on any atom is -0.354 e. The van der Waals surface area contributed by atoms with Crippen LogP contribution in [0.4, 0.5) is 17.1 Å². The molecule has 14 aromatic rings. The Morgan fingerprint density at radius 3 is 1.69 bits per heavy atom. The molecule has 12 aromatic carbocycles. The van der Waals surface area contributed by atoms with Crippen LogP contribution in [-0.4, -0.2) is 16.3 Å². The molecule has 0 radical (unpaired) electrons. The van der Waals surface area contributed by atoms with Crippen LogP contribution in [0.5, 0.6) is 0 Å².